The molecule has 1 aromatic carbocycles. The van der Waals surface area contributed by atoms with E-state index in [-0.39, 0.29) is 17.5 Å². The predicted molar refractivity (Wildman–Crippen MR) is 83.5 cm³/mol. The highest BCUT2D eigenvalue weighted by Gasteiger charge is 2.29. The summed E-state index contributed by atoms with van der Waals surface area (Å²) in [6.45, 7) is 2.62. The quantitative estimate of drug-likeness (QED) is 0.863. The van der Waals surface area contributed by atoms with E-state index in [2.05, 4.69) is 15.5 Å². The number of hydrogen-bond acceptors (Lipinski definition) is 5. The summed E-state index contributed by atoms with van der Waals surface area (Å²) in [6, 6.07) is 7.34. The number of fused-ring (bicyclic) bond motifs is 1. The zero-order valence-electron chi connectivity index (χ0n) is 11.5. The Morgan fingerprint density at radius 3 is 2.90 bits per heavy atom. The fourth-order valence-corrected chi connectivity index (χ4v) is 3.07. The number of amidine groups is 1. The van der Waals surface area contributed by atoms with Gasteiger partial charge in [0, 0.05) is 12.1 Å². The minimum Gasteiger partial charge on any atom is -0.320 e. The Balaban J connectivity index is 1.90. The molecule has 0 saturated carbocycles. The molecule has 1 saturated heterocycles. The Bertz CT molecular complexity index is 669. The van der Waals surface area contributed by atoms with Crippen molar-refractivity contribution in [1.82, 2.24) is 4.90 Å². The van der Waals surface area contributed by atoms with Gasteiger partial charge in [-0.05, 0) is 12.5 Å². The zero-order valence-corrected chi connectivity index (χ0v) is 12.3. The molecule has 2 amide bonds. The highest BCUT2D eigenvalue weighted by Crippen LogP contribution is 2.24. The summed E-state index contributed by atoms with van der Waals surface area (Å²) in [4.78, 5) is 25.3. The molecule has 0 atom stereocenters. The molecule has 3 rings (SSSR count). The second-order valence-electron chi connectivity index (χ2n) is 4.66. The van der Waals surface area contributed by atoms with Gasteiger partial charge in [0.1, 0.15) is 0 Å². The summed E-state index contributed by atoms with van der Waals surface area (Å²) in [5, 5.41) is 11.5. The number of benzene rings is 1. The number of rotatable bonds is 3. The van der Waals surface area contributed by atoms with Crippen LogP contribution in [0.5, 0.6) is 0 Å². The van der Waals surface area contributed by atoms with E-state index in [1.807, 2.05) is 31.2 Å². The molecule has 21 heavy (non-hydrogen) atoms. The lowest BCUT2D eigenvalue weighted by Crippen LogP contribution is -2.30. The number of carbonyl (C=O) groups is 2. The van der Waals surface area contributed by atoms with E-state index in [1.54, 1.807) is 4.90 Å². The maximum absolute atomic E-state index is 11.9. The first-order valence-electron chi connectivity index (χ1n) is 6.70. The predicted octanol–water partition coefficient (Wildman–Crippen LogP) is 1.68. The summed E-state index contributed by atoms with van der Waals surface area (Å²) < 4.78 is 0. The van der Waals surface area contributed by atoms with E-state index in [0.717, 1.165) is 17.7 Å². The van der Waals surface area contributed by atoms with Crippen LogP contribution in [-0.2, 0) is 9.59 Å². The summed E-state index contributed by atoms with van der Waals surface area (Å²) in [6.07, 6.45) is 0.852. The number of nitrogens with zero attached hydrogens (tertiary/aromatic N) is 3. The van der Waals surface area contributed by atoms with Gasteiger partial charge in [-0.25, -0.2) is 0 Å². The Morgan fingerprint density at radius 2 is 2.10 bits per heavy atom. The van der Waals surface area contributed by atoms with E-state index >= 15 is 0 Å². The van der Waals surface area contributed by atoms with Crippen molar-refractivity contribution < 1.29 is 9.59 Å². The van der Waals surface area contributed by atoms with Crippen molar-refractivity contribution in [3.8, 4) is 0 Å². The van der Waals surface area contributed by atoms with E-state index < -0.39 is 0 Å². The van der Waals surface area contributed by atoms with Gasteiger partial charge in [0.2, 0.25) is 5.91 Å². The molecule has 6 nitrogen and oxygen atoms in total. The van der Waals surface area contributed by atoms with Gasteiger partial charge in [-0.3, -0.25) is 14.5 Å². The van der Waals surface area contributed by atoms with Gasteiger partial charge in [0.15, 0.2) is 10.9 Å². The molecule has 0 spiro atoms. The zero-order chi connectivity index (χ0) is 14.8. The lowest BCUT2D eigenvalue weighted by Gasteiger charge is -2.12. The van der Waals surface area contributed by atoms with Crippen LogP contribution in [0.3, 0.4) is 0 Å². The number of anilines is 1. The molecule has 108 valence electrons. The summed E-state index contributed by atoms with van der Waals surface area (Å²) in [5.74, 6) is 0.154. The first-order valence-corrected chi connectivity index (χ1v) is 7.69. The van der Waals surface area contributed by atoms with Gasteiger partial charge >= 0.3 is 0 Å². The van der Waals surface area contributed by atoms with Gasteiger partial charge in [-0.15, -0.1) is 10.2 Å². The monoisotopic (exact) mass is 302 g/mol. The van der Waals surface area contributed by atoms with Crippen LogP contribution in [0, 0.1) is 0 Å². The number of thioether (sulfide) groups is 1. The summed E-state index contributed by atoms with van der Waals surface area (Å²) >= 11 is 1.35. The molecule has 0 radical (unpaired) electrons. The molecule has 0 aliphatic carbocycles. The summed E-state index contributed by atoms with van der Waals surface area (Å²) in [7, 11) is 0. The minimum absolute atomic E-state index is 0.0390. The van der Waals surface area contributed by atoms with Crippen LogP contribution in [-0.4, -0.2) is 39.9 Å². The van der Waals surface area contributed by atoms with E-state index in [1.165, 1.54) is 11.8 Å². The topological polar surface area (TPSA) is 74.1 Å². The third-order valence-corrected chi connectivity index (χ3v) is 4.14. The van der Waals surface area contributed by atoms with Gasteiger partial charge < -0.3 is 5.32 Å². The van der Waals surface area contributed by atoms with Crippen LogP contribution in [0.25, 0.3) is 0 Å². The second kappa shape index (κ2) is 5.69. The van der Waals surface area contributed by atoms with Gasteiger partial charge in [0.05, 0.1) is 11.4 Å². The van der Waals surface area contributed by atoms with Crippen LogP contribution >= 0.6 is 11.8 Å². The van der Waals surface area contributed by atoms with Crippen molar-refractivity contribution in [2.75, 3.05) is 17.6 Å². The molecule has 0 unspecified atom stereocenters. The van der Waals surface area contributed by atoms with Crippen molar-refractivity contribution in [2.45, 2.75) is 13.3 Å². The molecule has 1 N–H and O–H groups in total. The number of hydrogen-bond donors (Lipinski definition) is 1. The Kier molecular flexibility index (Phi) is 3.74. The Labute approximate surface area is 126 Å². The number of para-hydroxylation sites is 1. The van der Waals surface area contributed by atoms with Crippen LogP contribution in [0.1, 0.15) is 18.9 Å². The lowest BCUT2D eigenvalue weighted by atomic mass is 10.1. The molecule has 7 heteroatoms. The first kappa shape index (κ1) is 13.8. The molecule has 2 aliphatic rings. The molecular weight excluding hydrogens is 288 g/mol. The average Bonchev–Trinajstić information content (AvgIpc) is 2.98. The fraction of sp³-hybridized carbons (Fsp3) is 0.286. The smallest absolute Gasteiger partial charge is 0.276 e. The third kappa shape index (κ3) is 2.56. The maximum Gasteiger partial charge on any atom is 0.276 e. The molecule has 1 aromatic rings. The standard InChI is InChI=1S/C14H14N4O2S/c1-2-7-18-11(19)8-21-14(18)17-16-12-9-5-3-4-6-10(9)15-13(12)20/h3-6H,2,7-8H2,1H3,(H,15,16,20)/b17-14-. The van der Waals surface area contributed by atoms with Gasteiger partial charge in [-0.2, -0.15) is 0 Å². The number of carbonyl (C=O) groups excluding carboxylic acids is 2. The Hall–Kier alpha value is -2.15. The van der Waals surface area contributed by atoms with Gasteiger partial charge in [-0.1, -0.05) is 36.9 Å². The summed E-state index contributed by atoms with van der Waals surface area (Å²) in [5.41, 5.74) is 1.76. The van der Waals surface area contributed by atoms with Crippen molar-refractivity contribution >= 4 is 40.1 Å². The van der Waals surface area contributed by atoms with E-state index in [9.17, 15) is 9.59 Å². The SMILES string of the molecule is CCCN1C(=O)CS/C1=N\N=C1\C(=O)Nc2ccccc21. The van der Waals surface area contributed by atoms with Crippen molar-refractivity contribution in [2.24, 2.45) is 10.2 Å². The van der Waals surface area contributed by atoms with Crippen LogP contribution in [0.2, 0.25) is 0 Å². The highest BCUT2D eigenvalue weighted by molar-refractivity contribution is 8.15. The molecule has 0 aromatic heterocycles. The number of nitrogens with one attached hydrogen (secondary N) is 1. The Morgan fingerprint density at radius 1 is 1.29 bits per heavy atom. The average molecular weight is 302 g/mol. The fourth-order valence-electron chi connectivity index (χ4n) is 2.21. The van der Waals surface area contributed by atoms with Crippen LogP contribution in [0.4, 0.5) is 5.69 Å². The van der Waals surface area contributed by atoms with Crippen LogP contribution in [0.15, 0.2) is 34.5 Å². The molecule has 2 heterocycles. The first-order chi connectivity index (χ1) is 10.2. The lowest BCUT2D eigenvalue weighted by molar-refractivity contribution is -0.124. The third-order valence-electron chi connectivity index (χ3n) is 3.18. The van der Waals surface area contributed by atoms with Crippen molar-refractivity contribution in [1.29, 1.82) is 0 Å². The molecular formula is C14H14N4O2S. The highest BCUT2D eigenvalue weighted by atomic mass is 32.2. The normalized spacial score (nSPS) is 21.3. The molecule has 2 aliphatic heterocycles. The molecule has 1 fully saturated rings. The van der Waals surface area contributed by atoms with Crippen molar-refractivity contribution in [3.63, 3.8) is 0 Å². The molecule has 0 bridgehead atoms. The van der Waals surface area contributed by atoms with Crippen molar-refractivity contribution in [3.05, 3.63) is 29.8 Å². The second-order valence-corrected chi connectivity index (χ2v) is 5.61. The van der Waals surface area contributed by atoms with E-state index in [0.29, 0.717) is 17.5 Å². The largest absolute Gasteiger partial charge is 0.320 e. The maximum atomic E-state index is 11.9. The van der Waals surface area contributed by atoms with Gasteiger partial charge in [0.25, 0.3) is 5.91 Å². The van der Waals surface area contributed by atoms with E-state index in [4.69, 9.17) is 0 Å². The number of amides is 2. The van der Waals surface area contributed by atoms with Crippen LogP contribution < -0.4 is 5.32 Å². The minimum atomic E-state index is -0.267.